The molecule has 44 heavy (non-hydrogen) atoms. The van der Waals surface area contributed by atoms with Crippen LogP contribution in [0, 0.1) is 18.7 Å². The minimum absolute atomic E-state index is 0.0853. The number of hydrogen-bond acceptors (Lipinski definition) is 4. The summed E-state index contributed by atoms with van der Waals surface area (Å²) >= 11 is 6.06. The van der Waals surface area contributed by atoms with Crippen molar-refractivity contribution in [2.24, 2.45) is 5.92 Å². The Morgan fingerprint density at radius 2 is 1.68 bits per heavy atom. The lowest BCUT2D eigenvalue weighted by molar-refractivity contribution is 0.261. The number of carbonyl (C=O) groups excluding carboxylic acids is 1. The van der Waals surface area contributed by atoms with Crippen molar-refractivity contribution in [1.82, 2.24) is 14.1 Å². The first-order valence-electron chi connectivity index (χ1n) is 14.6. The van der Waals surface area contributed by atoms with Crippen molar-refractivity contribution in [2.45, 2.75) is 57.3 Å². The van der Waals surface area contributed by atoms with Gasteiger partial charge in [0.05, 0.1) is 16.4 Å². The number of rotatable bonds is 7. The van der Waals surface area contributed by atoms with E-state index in [-0.39, 0.29) is 27.3 Å². The molecular weight excluding hydrogens is 601 g/mol. The van der Waals surface area contributed by atoms with Gasteiger partial charge in [-0.3, -0.25) is 5.32 Å². The molecule has 0 radical (unpaired) electrons. The molecule has 5 rings (SSSR count). The summed E-state index contributed by atoms with van der Waals surface area (Å²) in [6.45, 7) is 8.91. The molecule has 0 spiro atoms. The van der Waals surface area contributed by atoms with E-state index in [1.165, 1.54) is 10.4 Å². The second-order valence-corrected chi connectivity index (χ2v) is 14.6. The average molecular weight is 638 g/mol. The third kappa shape index (κ3) is 7.14. The van der Waals surface area contributed by atoms with E-state index in [4.69, 9.17) is 16.7 Å². The van der Waals surface area contributed by atoms with Crippen molar-refractivity contribution < 1.29 is 17.6 Å². The van der Waals surface area contributed by atoms with Crippen LogP contribution >= 0.6 is 11.6 Å². The van der Waals surface area contributed by atoms with Crippen LogP contribution in [0.5, 0.6) is 0 Å². The number of hydrogen-bond donors (Lipinski definition) is 2. The Bertz CT molecular complexity index is 1760. The van der Waals surface area contributed by atoms with Crippen LogP contribution in [-0.2, 0) is 21.9 Å². The van der Waals surface area contributed by atoms with Gasteiger partial charge >= 0.3 is 6.03 Å². The zero-order chi connectivity index (χ0) is 31.6. The second-order valence-electron chi connectivity index (χ2n) is 12.3. The van der Waals surface area contributed by atoms with E-state index in [1.54, 1.807) is 4.68 Å². The van der Waals surface area contributed by atoms with Crippen molar-refractivity contribution >= 4 is 39.2 Å². The van der Waals surface area contributed by atoms with E-state index in [0.29, 0.717) is 43.9 Å². The molecule has 1 saturated heterocycles. The molecule has 11 heteroatoms. The molecule has 0 unspecified atom stereocenters. The highest BCUT2D eigenvalue weighted by Gasteiger charge is 2.31. The molecule has 0 bridgehead atoms. The Balaban J connectivity index is 1.26. The van der Waals surface area contributed by atoms with E-state index in [9.17, 15) is 17.6 Å². The molecule has 0 aliphatic carbocycles. The monoisotopic (exact) mass is 637 g/mol. The summed E-state index contributed by atoms with van der Waals surface area (Å²) in [6.07, 6.45) is 1.96. The van der Waals surface area contributed by atoms with Crippen LogP contribution in [0.1, 0.15) is 50.4 Å². The van der Waals surface area contributed by atoms with Gasteiger partial charge < -0.3 is 5.32 Å². The zero-order valence-electron chi connectivity index (χ0n) is 25.3. The lowest BCUT2D eigenvalue weighted by Crippen LogP contribution is -2.39. The lowest BCUT2D eigenvalue weighted by Gasteiger charge is -2.31. The highest BCUT2D eigenvalue weighted by molar-refractivity contribution is 7.89. The first kappa shape index (κ1) is 31.7. The number of halogens is 2. The van der Waals surface area contributed by atoms with Crippen LogP contribution in [0.3, 0.4) is 0 Å². The number of nitrogens with one attached hydrogen (secondary N) is 2. The first-order chi connectivity index (χ1) is 20.8. The fourth-order valence-electron chi connectivity index (χ4n) is 5.30. The van der Waals surface area contributed by atoms with E-state index in [1.807, 2.05) is 61.5 Å². The topological polar surface area (TPSA) is 96.3 Å². The molecule has 3 aromatic carbocycles. The van der Waals surface area contributed by atoms with Gasteiger partial charge in [-0.05, 0) is 74.1 Å². The van der Waals surface area contributed by atoms with Gasteiger partial charge in [-0.15, -0.1) is 0 Å². The van der Waals surface area contributed by atoms with Gasteiger partial charge in [0.25, 0.3) is 0 Å². The highest BCUT2D eigenvalue weighted by atomic mass is 35.5. The quantitative estimate of drug-likeness (QED) is 0.219. The Labute approximate surface area is 263 Å². The molecular formula is C33H37ClFN5O3S. The van der Waals surface area contributed by atoms with Crippen LogP contribution in [-0.4, -0.2) is 41.6 Å². The van der Waals surface area contributed by atoms with Crippen molar-refractivity contribution in [1.29, 1.82) is 0 Å². The number of amides is 2. The predicted molar refractivity (Wildman–Crippen MR) is 173 cm³/mol. The van der Waals surface area contributed by atoms with Crippen LogP contribution < -0.4 is 10.6 Å². The standard InChI is InChI=1S/C33H37ClFN5O3S/c1-22-9-12-26(13-10-22)40-31(21-30(38-40)33(2,3)4)37-32(41)36-28-8-6-5-7-24(28)19-23-15-17-39(18-16-23)44(42,43)29-14-11-25(35)20-27(29)34/h5-14,20-21,23H,15-19H2,1-4H3,(H2,36,37,41). The van der Waals surface area contributed by atoms with Gasteiger partial charge in [0.15, 0.2) is 0 Å². The number of aryl methyl sites for hydroxylation is 1. The number of piperidine rings is 1. The summed E-state index contributed by atoms with van der Waals surface area (Å²) < 4.78 is 42.9. The van der Waals surface area contributed by atoms with Crippen LogP contribution in [0.4, 0.5) is 20.7 Å². The van der Waals surface area contributed by atoms with Gasteiger partial charge in [0.2, 0.25) is 10.0 Å². The number of benzene rings is 3. The van der Waals surface area contributed by atoms with Crippen molar-refractivity contribution in [3.05, 3.63) is 100 Å². The van der Waals surface area contributed by atoms with Gasteiger partial charge in [0, 0.05) is 30.3 Å². The molecule has 232 valence electrons. The minimum Gasteiger partial charge on any atom is -0.307 e. The smallest absolute Gasteiger partial charge is 0.307 e. The van der Waals surface area contributed by atoms with Crippen LogP contribution in [0.15, 0.2) is 77.7 Å². The summed E-state index contributed by atoms with van der Waals surface area (Å²) in [7, 11) is -3.83. The molecule has 0 atom stereocenters. The van der Waals surface area contributed by atoms with E-state index in [0.717, 1.165) is 34.6 Å². The summed E-state index contributed by atoms with van der Waals surface area (Å²) in [4.78, 5) is 13.2. The molecule has 4 aromatic rings. The Hall–Kier alpha value is -3.73. The maximum Gasteiger partial charge on any atom is 0.324 e. The number of anilines is 2. The molecule has 8 nitrogen and oxygen atoms in total. The SMILES string of the molecule is Cc1ccc(-n2nc(C(C)(C)C)cc2NC(=O)Nc2ccccc2CC2CCN(S(=O)(=O)c3ccc(F)cc3Cl)CC2)cc1. The number of urea groups is 1. The fraction of sp³-hybridized carbons (Fsp3) is 0.333. The lowest BCUT2D eigenvalue weighted by atomic mass is 9.90. The average Bonchev–Trinajstić information content (AvgIpc) is 3.39. The molecule has 1 aliphatic heterocycles. The third-order valence-corrected chi connectivity index (χ3v) is 10.2. The highest BCUT2D eigenvalue weighted by Crippen LogP contribution is 2.32. The van der Waals surface area contributed by atoms with Crippen LogP contribution in [0.2, 0.25) is 5.02 Å². The summed E-state index contributed by atoms with van der Waals surface area (Å²) in [5.74, 6) is 0.192. The molecule has 2 N–H and O–H groups in total. The normalized spacial score (nSPS) is 14.9. The Morgan fingerprint density at radius 1 is 1.00 bits per heavy atom. The zero-order valence-corrected chi connectivity index (χ0v) is 26.8. The molecule has 1 fully saturated rings. The molecule has 1 aromatic heterocycles. The first-order valence-corrected chi connectivity index (χ1v) is 16.4. The maximum absolute atomic E-state index is 13.5. The van der Waals surface area contributed by atoms with E-state index >= 15 is 0 Å². The van der Waals surface area contributed by atoms with Crippen molar-refractivity contribution in [3.63, 3.8) is 0 Å². The van der Waals surface area contributed by atoms with Crippen molar-refractivity contribution in [2.75, 3.05) is 23.7 Å². The molecule has 2 heterocycles. The molecule has 1 aliphatic rings. The third-order valence-electron chi connectivity index (χ3n) is 7.86. The largest absolute Gasteiger partial charge is 0.324 e. The summed E-state index contributed by atoms with van der Waals surface area (Å²) in [5.41, 5.74) is 4.27. The fourth-order valence-corrected chi connectivity index (χ4v) is 7.27. The predicted octanol–water partition coefficient (Wildman–Crippen LogP) is 7.56. The maximum atomic E-state index is 13.5. The Morgan fingerprint density at radius 3 is 2.34 bits per heavy atom. The number of aromatic nitrogens is 2. The molecule has 2 amide bonds. The second kappa shape index (κ2) is 12.7. The summed E-state index contributed by atoms with van der Waals surface area (Å²) in [5, 5.41) is 10.7. The summed E-state index contributed by atoms with van der Waals surface area (Å²) in [6, 6.07) is 20.4. The minimum atomic E-state index is -3.83. The molecule has 0 saturated carbocycles. The van der Waals surface area contributed by atoms with Gasteiger partial charge in [0.1, 0.15) is 16.5 Å². The number of sulfonamides is 1. The van der Waals surface area contributed by atoms with Gasteiger partial charge in [-0.25, -0.2) is 22.3 Å². The van der Waals surface area contributed by atoms with E-state index in [2.05, 4.69) is 31.4 Å². The van der Waals surface area contributed by atoms with Crippen molar-refractivity contribution in [3.8, 4) is 5.69 Å². The number of para-hydroxylation sites is 1. The van der Waals surface area contributed by atoms with E-state index < -0.39 is 15.8 Å². The van der Waals surface area contributed by atoms with Crippen LogP contribution in [0.25, 0.3) is 5.69 Å². The van der Waals surface area contributed by atoms with Gasteiger partial charge in [-0.1, -0.05) is 68.3 Å². The number of nitrogens with zero attached hydrogens (tertiary/aromatic N) is 3. The van der Waals surface area contributed by atoms with Gasteiger partial charge in [-0.2, -0.15) is 9.40 Å². The number of carbonyl (C=O) groups is 1. The Kier molecular flexibility index (Phi) is 9.15.